The minimum atomic E-state index is -0.745. The summed E-state index contributed by atoms with van der Waals surface area (Å²) in [6.45, 7) is 3.20. The summed E-state index contributed by atoms with van der Waals surface area (Å²) >= 11 is 0. The summed E-state index contributed by atoms with van der Waals surface area (Å²) in [5.74, 6) is -1.49. The van der Waals surface area contributed by atoms with Crippen molar-refractivity contribution in [3.05, 3.63) is 0 Å². The Morgan fingerprint density at radius 1 is 1.00 bits per heavy atom. The first-order valence-corrected chi connectivity index (χ1v) is 2.98. The molecule has 2 radical (unpaired) electrons. The molecule has 0 amide bonds. The van der Waals surface area contributed by atoms with E-state index in [2.05, 4.69) is 0 Å². The Labute approximate surface area is 82.3 Å². The van der Waals surface area contributed by atoms with E-state index in [1.165, 1.54) is 0 Å². The molecule has 66 valence electrons. The molecule has 0 aliphatic carbocycles. The topological polar surface area (TPSA) is 74.6 Å². The van der Waals surface area contributed by atoms with E-state index in [1.807, 2.05) is 0 Å². The first-order valence-electron chi connectivity index (χ1n) is 2.98. The van der Waals surface area contributed by atoms with Crippen molar-refractivity contribution in [2.24, 2.45) is 0 Å². The van der Waals surface area contributed by atoms with Gasteiger partial charge in [-0.2, -0.15) is 0 Å². The van der Waals surface area contributed by atoms with Crippen LogP contribution in [0.25, 0.3) is 0 Å². The van der Waals surface area contributed by atoms with Crippen molar-refractivity contribution >= 4 is 35.6 Å². The van der Waals surface area contributed by atoms with Crippen molar-refractivity contribution in [1.29, 1.82) is 0 Å². The molecule has 2 N–H and O–H groups in total. The molecule has 0 saturated heterocycles. The van der Waals surface area contributed by atoms with Gasteiger partial charge in [0.1, 0.15) is 0 Å². The zero-order chi connectivity index (χ0) is 8.57. The van der Waals surface area contributed by atoms with E-state index in [4.69, 9.17) is 10.2 Å². The summed E-state index contributed by atoms with van der Waals surface area (Å²) < 4.78 is 0. The third kappa shape index (κ3) is 41.8. The first kappa shape index (κ1) is 17.0. The van der Waals surface area contributed by atoms with Crippen LogP contribution in [0.1, 0.15) is 26.7 Å². The SMILES string of the molecule is CCC(=O)O.CCC(=O)O.[Te]. The van der Waals surface area contributed by atoms with Crippen molar-refractivity contribution < 1.29 is 19.8 Å². The van der Waals surface area contributed by atoms with Gasteiger partial charge in [-0.05, 0) is 0 Å². The molecule has 0 rings (SSSR count). The monoisotopic (exact) mass is 278 g/mol. The molecule has 0 aliphatic rings. The van der Waals surface area contributed by atoms with Gasteiger partial charge in [0.2, 0.25) is 0 Å². The molecule has 4 nitrogen and oxygen atoms in total. The molecule has 0 aromatic rings. The van der Waals surface area contributed by atoms with Gasteiger partial charge >= 0.3 is 11.9 Å². The summed E-state index contributed by atoms with van der Waals surface area (Å²) in [7, 11) is 0. The van der Waals surface area contributed by atoms with Crippen LogP contribution < -0.4 is 0 Å². The summed E-state index contributed by atoms with van der Waals surface area (Å²) in [5.41, 5.74) is 0. The van der Waals surface area contributed by atoms with Gasteiger partial charge in [0.25, 0.3) is 0 Å². The fourth-order valence-corrected chi connectivity index (χ4v) is 0. The van der Waals surface area contributed by atoms with Gasteiger partial charge in [0.15, 0.2) is 0 Å². The Balaban J connectivity index is -0.000000107. The second kappa shape index (κ2) is 12.4. The zero-order valence-electron chi connectivity index (χ0n) is 6.53. The smallest absolute Gasteiger partial charge is 0.303 e. The van der Waals surface area contributed by atoms with Crippen LogP contribution >= 0.6 is 0 Å². The second-order valence-electron chi connectivity index (χ2n) is 1.49. The van der Waals surface area contributed by atoms with Crippen LogP contribution in [0.3, 0.4) is 0 Å². The van der Waals surface area contributed by atoms with Crippen molar-refractivity contribution in [1.82, 2.24) is 0 Å². The van der Waals surface area contributed by atoms with Gasteiger partial charge in [-0.15, -0.1) is 0 Å². The van der Waals surface area contributed by atoms with E-state index in [1.54, 1.807) is 13.8 Å². The van der Waals surface area contributed by atoms with Gasteiger partial charge in [-0.1, -0.05) is 13.8 Å². The number of aliphatic carboxylic acids is 2. The van der Waals surface area contributed by atoms with Crippen molar-refractivity contribution in [3.8, 4) is 0 Å². The fraction of sp³-hybridized carbons (Fsp3) is 0.667. The zero-order valence-corrected chi connectivity index (χ0v) is 8.86. The van der Waals surface area contributed by atoms with Gasteiger partial charge in [0.05, 0.1) is 0 Å². The molecular formula is C6H12O4Te. The molecule has 0 aromatic carbocycles. The number of carboxylic acid groups (broad SMARTS) is 2. The van der Waals surface area contributed by atoms with E-state index in [9.17, 15) is 9.59 Å². The number of carbonyl (C=O) groups is 2. The van der Waals surface area contributed by atoms with Crippen molar-refractivity contribution in [2.75, 3.05) is 0 Å². The van der Waals surface area contributed by atoms with Crippen LogP contribution in [0, 0.1) is 0 Å². The second-order valence-corrected chi connectivity index (χ2v) is 1.49. The Morgan fingerprint density at radius 2 is 1.09 bits per heavy atom. The van der Waals surface area contributed by atoms with Gasteiger partial charge < -0.3 is 10.2 Å². The standard InChI is InChI=1S/2C3H6O2.Te/c2*1-2-3(4)5;/h2*2H2,1H3,(H,4,5);. The summed E-state index contributed by atoms with van der Waals surface area (Å²) in [5, 5.41) is 15.4. The molecule has 0 aliphatic heterocycles. The largest absolute Gasteiger partial charge is 0.481 e. The number of carboxylic acids is 2. The van der Waals surface area contributed by atoms with Crippen LogP contribution in [0.5, 0.6) is 0 Å². The minimum absolute atomic E-state index is 0. The molecule has 0 saturated carbocycles. The third-order valence-corrected chi connectivity index (χ3v) is 0.605. The van der Waals surface area contributed by atoms with E-state index >= 15 is 0 Å². The minimum Gasteiger partial charge on any atom is -0.481 e. The Morgan fingerprint density at radius 3 is 1.09 bits per heavy atom. The van der Waals surface area contributed by atoms with Crippen molar-refractivity contribution in [2.45, 2.75) is 26.7 Å². The molecule has 11 heavy (non-hydrogen) atoms. The molecule has 0 atom stereocenters. The molecule has 0 fully saturated rings. The molecule has 0 heterocycles. The summed E-state index contributed by atoms with van der Waals surface area (Å²) in [6, 6.07) is 0. The maximum Gasteiger partial charge on any atom is 0.303 e. The normalized spacial score (nSPS) is 6.73. The Hall–Kier alpha value is -0.270. The maximum absolute atomic E-state index is 9.37. The Bertz CT molecular complexity index is 99.1. The van der Waals surface area contributed by atoms with Gasteiger partial charge in [0, 0.05) is 36.5 Å². The fourth-order valence-electron chi connectivity index (χ4n) is 0. The third-order valence-electron chi connectivity index (χ3n) is 0.605. The van der Waals surface area contributed by atoms with Crippen LogP contribution in [-0.4, -0.2) is 45.8 Å². The van der Waals surface area contributed by atoms with Crippen LogP contribution in [0.15, 0.2) is 0 Å². The van der Waals surface area contributed by atoms with Gasteiger partial charge in [-0.3, -0.25) is 9.59 Å². The van der Waals surface area contributed by atoms with Crippen LogP contribution in [-0.2, 0) is 9.59 Å². The van der Waals surface area contributed by atoms with E-state index in [0.717, 1.165) is 0 Å². The van der Waals surface area contributed by atoms with Crippen LogP contribution in [0.4, 0.5) is 0 Å². The van der Waals surface area contributed by atoms with E-state index in [-0.39, 0.29) is 36.5 Å². The van der Waals surface area contributed by atoms with Crippen LogP contribution in [0.2, 0.25) is 0 Å². The summed E-state index contributed by atoms with van der Waals surface area (Å²) in [4.78, 5) is 18.7. The first-order chi connectivity index (χ1) is 4.54. The van der Waals surface area contributed by atoms with E-state index < -0.39 is 11.9 Å². The molecule has 0 unspecified atom stereocenters. The molecule has 0 aromatic heterocycles. The number of rotatable bonds is 2. The maximum atomic E-state index is 9.37. The molecule has 5 heteroatoms. The molecule has 0 bridgehead atoms. The average molecular weight is 276 g/mol. The quantitative estimate of drug-likeness (QED) is 0.723. The number of hydrogen-bond acceptors (Lipinski definition) is 2. The molecular weight excluding hydrogens is 264 g/mol. The number of hydrogen-bond donors (Lipinski definition) is 2. The summed E-state index contributed by atoms with van der Waals surface area (Å²) in [6.07, 6.45) is 0.444. The average Bonchev–Trinajstić information content (AvgIpc) is 1.89. The molecule has 0 spiro atoms. The Kier molecular flexibility index (Phi) is 19.2. The van der Waals surface area contributed by atoms with Gasteiger partial charge in [-0.25, -0.2) is 0 Å². The van der Waals surface area contributed by atoms with Crippen molar-refractivity contribution in [3.63, 3.8) is 0 Å². The predicted molar refractivity (Wildman–Crippen MR) is 41.6 cm³/mol. The van der Waals surface area contributed by atoms with E-state index in [0.29, 0.717) is 0 Å². The predicted octanol–water partition coefficient (Wildman–Crippen LogP) is 0.581.